The lowest BCUT2D eigenvalue weighted by atomic mass is 9.90. The highest BCUT2D eigenvalue weighted by Crippen LogP contribution is 2.30. The molecule has 1 heterocycles. The Bertz CT molecular complexity index is 674. The van der Waals surface area contributed by atoms with Crippen LogP contribution in [0.5, 0.6) is 0 Å². The van der Waals surface area contributed by atoms with Gasteiger partial charge in [0.1, 0.15) is 0 Å². The predicted molar refractivity (Wildman–Crippen MR) is 87.4 cm³/mol. The number of aliphatic hydroxyl groups is 1. The third-order valence-electron chi connectivity index (χ3n) is 4.26. The molecule has 0 spiro atoms. The van der Waals surface area contributed by atoms with Crippen LogP contribution < -0.4 is 5.32 Å². The van der Waals surface area contributed by atoms with Crippen molar-refractivity contribution >= 4 is 15.9 Å². The van der Waals surface area contributed by atoms with Gasteiger partial charge in [-0.25, -0.2) is 8.42 Å². The van der Waals surface area contributed by atoms with Gasteiger partial charge >= 0.3 is 0 Å². The molecule has 128 valence electrons. The van der Waals surface area contributed by atoms with Gasteiger partial charge in [-0.3, -0.25) is 4.79 Å². The van der Waals surface area contributed by atoms with Gasteiger partial charge < -0.3 is 10.4 Å². The van der Waals surface area contributed by atoms with E-state index in [1.807, 2.05) is 13.0 Å². The molecule has 2 N–H and O–H groups in total. The second-order valence-corrected chi connectivity index (χ2v) is 7.88. The minimum atomic E-state index is -3.68. The minimum Gasteiger partial charge on any atom is -0.388 e. The highest BCUT2D eigenvalue weighted by Gasteiger charge is 2.40. The van der Waals surface area contributed by atoms with Crippen LogP contribution in [-0.4, -0.2) is 49.5 Å². The van der Waals surface area contributed by atoms with Gasteiger partial charge in [-0.1, -0.05) is 25.1 Å². The fourth-order valence-electron chi connectivity index (χ4n) is 2.99. The fraction of sp³-hybridized carbons (Fsp3) is 0.562. The molecular formula is C16H24N2O4S. The van der Waals surface area contributed by atoms with Crippen LogP contribution in [0.1, 0.15) is 31.7 Å². The molecular weight excluding hydrogens is 316 g/mol. The number of sulfonamides is 1. The molecule has 0 saturated carbocycles. The summed E-state index contributed by atoms with van der Waals surface area (Å²) in [5, 5.41) is 13.1. The first-order valence-electron chi connectivity index (χ1n) is 7.83. The summed E-state index contributed by atoms with van der Waals surface area (Å²) < 4.78 is 27.1. The monoisotopic (exact) mass is 340 g/mol. The molecule has 2 rings (SSSR count). The van der Waals surface area contributed by atoms with Crippen molar-refractivity contribution in [2.45, 2.75) is 43.1 Å². The van der Waals surface area contributed by atoms with Gasteiger partial charge in [0.2, 0.25) is 15.9 Å². The van der Waals surface area contributed by atoms with Crippen molar-refractivity contribution in [1.82, 2.24) is 9.62 Å². The number of aryl methyl sites for hydroxylation is 1. The Morgan fingerprint density at radius 1 is 1.39 bits per heavy atom. The summed E-state index contributed by atoms with van der Waals surface area (Å²) >= 11 is 0. The van der Waals surface area contributed by atoms with Crippen molar-refractivity contribution in [3.8, 4) is 0 Å². The first-order valence-corrected chi connectivity index (χ1v) is 9.27. The molecule has 0 aliphatic carbocycles. The van der Waals surface area contributed by atoms with Crippen molar-refractivity contribution in [1.29, 1.82) is 0 Å². The molecule has 1 aliphatic rings. The molecule has 1 aromatic rings. The molecule has 0 radical (unpaired) electrons. The number of carbonyl (C=O) groups excluding carboxylic acids is 1. The van der Waals surface area contributed by atoms with E-state index in [4.69, 9.17) is 0 Å². The van der Waals surface area contributed by atoms with Crippen LogP contribution in [0.4, 0.5) is 0 Å². The van der Waals surface area contributed by atoms with Gasteiger partial charge in [-0.05, 0) is 30.9 Å². The number of hydrogen-bond acceptors (Lipinski definition) is 4. The number of nitrogens with zero attached hydrogens (tertiary/aromatic N) is 1. The molecule has 0 aromatic heterocycles. The van der Waals surface area contributed by atoms with E-state index in [-0.39, 0.29) is 23.8 Å². The molecule has 1 aliphatic heterocycles. The lowest BCUT2D eigenvalue weighted by Gasteiger charge is -2.38. The quantitative estimate of drug-likeness (QED) is 0.834. The lowest BCUT2D eigenvalue weighted by Crippen LogP contribution is -2.52. The van der Waals surface area contributed by atoms with Crippen molar-refractivity contribution in [3.05, 3.63) is 29.8 Å². The zero-order chi connectivity index (χ0) is 17.1. The maximum Gasteiger partial charge on any atom is 0.243 e. The van der Waals surface area contributed by atoms with E-state index < -0.39 is 15.6 Å². The number of benzene rings is 1. The van der Waals surface area contributed by atoms with Crippen molar-refractivity contribution in [2.24, 2.45) is 0 Å². The Morgan fingerprint density at radius 2 is 2.09 bits per heavy atom. The van der Waals surface area contributed by atoms with Crippen LogP contribution in [0.3, 0.4) is 0 Å². The second kappa shape index (κ2) is 6.98. The highest BCUT2D eigenvalue weighted by molar-refractivity contribution is 7.89. The molecule has 23 heavy (non-hydrogen) atoms. The van der Waals surface area contributed by atoms with Gasteiger partial charge in [0, 0.05) is 20.1 Å². The maximum absolute atomic E-state index is 12.9. The minimum absolute atomic E-state index is 0.0548. The molecule has 1 atom stereocenters. The van der Waals surface area contributed by atoms with Gasteiger partial charge in [-0.15, -0.1) is 0 Å². The summed E-state index contributed by atoms with van der Waals surface area (Å²) in [6, 6.07) is 6.91. The van der Waals surface area contributed by atoms with Crippen molar-refractivity contribution in [2.75, 3.05) is 20.1 Å². The molecule has 1 amide bonds. The average Bonchev–Trinajstić information content (AvgIpc) is 2.54. The number of hydrogen-bond donors (Lipinski definition) is 2. The molecule has 1 unspecified atom stereocenters. The Labute approximate surface area is 137 Å². The van der Waals surface area contributed by atoms with E-state index in [0.717, 1.165) is 5.56 Å². The number of piperidine rings is 1. The van der Waals surface area contributed by atoms with Crippen LogP contribution >= 0.6 is 0 Å². The Morgan fingerprint density at radius 3 is 2.74 bits per heavy atom. The van der Waals surface area contributed by atoms with E-state index >= 15 is 0 Å². The van der Waals surface area contributed by atoms with Crippen LogP contribution in [0.15, 0.2) is 29.2 Å². The third kappa shape index (κ3) is 3.91. The smallest absolute Gasteiger partial charge is 0.243 e. The zero-order valence-electron chi connectivity index (χ0n) is 13.6. The fourth-order valence-corrected chi connectivity index (χ4v) is 4.85. The average molecular weight is 340 g/mol. The molecule has 1 fully saturated rings. The molecule has 1 saturated heterocycles. The zero-order valence-corrected chi connectivity index (χ0v) is 14.4. The van der Waals surface area contributed by atoms with Crippen LogP contribution in [0.2, 0.25) is 0 Å². The summed E-state index contributed by atoms with van der Waals surface area (Å²) in [5.74, 6) is -0.291. The first-order chi connectivity index (χ1) is 10.8. The van der Waals surface area contributed by atoms with Gasteiger partial charge in [0.25, 0.3) is 0 Å². The lowest BCUT2D eigenvalue weighted by molar-refractivity contribution is -0.127. The molecule has 6 nitrogen and oxygen atoms in total. The van der Waals surface area contributed by atoms with Gasteiger partial charge in [0.15, 0.2) is 0 Å². The Balaban J connectivity index is 2.28. The summed E-state index contributed by atoms with van der Waals surface area (Å²) in [6.07, 6.45) is 1.47. The number of carbonyl (C=O) groups is 1. The molecule has 1 aromatic carbocycles. The van der Waals surface area contributed by atoms with Crippen LogP contribution in [-0.2, 0) is 21.2 Å². The number of rotatable bonds is 5. The van der Waals surface area contributed by atoms with E-state index in [2.05, 4.69) is 5.32 Å². The summed E-state index contributed by atoms with van der Waals surface area (Å²) in [6.45, 7) is 2.21. The Hall–Kier alpha value is -1.44. The largest absolute Gasteiger partial charge is 0.388 e. The first kappa shape index (κ1) is 17.9. The van der Waals surface area contributed by atoms with E-state index in [1.54, 1.807) is 18.2 Å². The molecule has 0 bridgehead atoms. The summed E-state index contributed by atoms with van der Waals surface area (Å²) in [4.78, 5) is 11.9. The highest BCUT2D eigenvalue weighted by atomic mass is 32.2. The number of nitrogens with one attached hydrogen (secondary N) is 1. The second-order valence-electron chi connectivity index (χ2n) is 5.98. The maximum atomic E-state index is 12.9. The number of amides is 1. The Kier molecular flexibility index (Phi) is 5.44. The van der Waals surface area contributed by atoms with Crippen LogP contribution in [0, 0.1) is 0 Å². The van der Waals surface area contributed by atoms with Crippen LogP contribution in [0.25, 0.3) is 0 Å². The van der Waals surface area contributed by atoms with E-state index in [1.165, 1.54) is 11.4 Å². The topological polar surface area (TPSA) is 86.7 Å². The SMILES string of the molecule is CCc1ccccc1S(=O)(=O)N1CCCC(O)(CC(=O)NC)C1. The normalized spacial score (nSPS) is 22.7. The van der Waals surface area contributed by atoms with Gasteiger partial charge in [-0.2, -0.15) is 4.31 Å². The predicted octanol–water partition coefficient (Wildman–Crippen LogP) is 0.901. The summed E-state index contributed by atoms with van der Waals surface area (Å²) in [7, 11) is -2.18. The van der Waals surface area contributed by atoms with Gasteiger partial charge in [0.05, 0.1) is 16.9 Å². The van der Waals surface area contributed by atoms with E-state index in [0.29, 0.717) is 25.8 Å². The number of β-amino-alcohol motifs (C(OH)–C–C–N with tert-alkyl or cyclic N) is 1. The van der Waals surface area contributed by atoms with Crippen molar-refractivity contribution < 1.29 is 18.3 Å². The summed E-state index contributed by atoms with van der Waals surface area (Å²) in [5.41, 5.74) is -0.556. The van der Waals surface area contributed by atoms with Crippen molar-refractivity contribution in [3.63, 3.8) is 0 Å². The standard InChI is InChI=1S/C16H24N2O4S/c1-3-13-7-4-5-8-14(13)23(21,22)18-10-6-9-16(20,12-18)11-15(19)17-2/h4-5,7-8,20H,3,6,9-12H2,1-2H3,(H,17,19). The van der Waals surface area contributed by atoms with E-state index in [9.17, 15) is 18.3 Å². The molecule has 7 heteroatoms. The third-order valence-corrected chi connectivity index (χ3v) is 6.21.